The maximum Gasteiger partial charge on any atom is 0.231 e. The maximum atomic E-state index is 11.9. The minimum atomic E-state index is -0.205. The van der Waals surface area contributed by atoms with Crippen molar-refractivity contribution in [2.45, 2.75) is 13.0 Å². The number of hydrogen-bond acceptors (Lipinski definition) is 4. The summed E-state index contributed by atoms with van der Waals surface area (Å²) in [5, 5.41) is 2.88. The summed E-state index contributed by atoms with van der Waals surface area (Å²) in [5.41, 5.74) is 7.47. The average molecular weight is 277 g/mol. The van der Waals surface area contributed by atoms with Crippen LogP contribution in [0.25, 0.3) is 0 Å². The van der Waals surface area contributed by atoms with E-state index in [4.69, 9.17) is 17.3 Å². The number of amides is 1. The number of carbonyl (C=O) groups is 1. The van der Waals surface area contributed by atoms with Gasteiger partial charge in [-0.2, -0.15) is 0 Å². The largest absolute Gasteiger partial charge is 0.326 e. The molecule has 1 heterocycles. The SMILES string of the molecule is NCc1ccccc1CC(=O)Nc1nccc(Cl)n1. The molecule has 6 heteroatoms. The van der Waals surface area contributed by atoms with Gasteiger partial charge >= 0.3 is 0 Å². The van der Waals surface area contributed by atoms with E-state index in [1.165, 1.54) is 6.20 Å². The fourth-order valence-corrected chi connectivity index (χ4v) is 1.80. The minimum Gasteiger partial charge on any atom is -0.326 e. The molecule has 0 radical (unpaired) electrons. The summed E-state index contributed by atoms with van der Waals surface area (Å²) >= 11 is 5.72. The lowest BCUT2D eigenvalue weighted by molar-refractivity contribution is -0.115. The van der Waals surface area contributed by atoms with Gasteiger partial charge in [0.15, 0.2) is 0 Å². The van der Waals surface area contributed by atoms with Crippen LogP contribution in [0.3, 0.4) is 0 Å². The van der Waals surface area contributed by atoms with Crippen molar-refractivity contribution in [3.05, 3.63) is 52.8 Å². The first-order chi connectivity index (χ1) is 9.19. The Bertz CT molecular complexity index is 588. The van der Waals surface area contributed by atoms with Gasteiger partial charge in [-0.3, -0.25) is 10.1 Å². The van der Waals surface area contributed by atoms with E-state index in [9.17, 15) is 4.79 Å². The molecule has 2 aromatic rings. The summed E-state index contributed by atoms with van der Waals surface area (Å²) in [6, 6.07) is 9.08. The molecule has 0 saturated carbocycles. The molecule has 0 aliphatic heterocycles. The molecule has 0 fully saturated rings. The van der Waals surface area contributed by atoms with Crippen molar-refractivity contribution in [3.63, 3.8) is 0 Å². The lowest BCUT2D eigenvalue weighted by Crippen LogP contribution is -2.17. The Kier molecular flexibility index (Phi) is 4.43. The summed E-state index contributed by atoms with van der Waals surface area (Å²) in [6.45, 7) is 0.400. The number of nitrogens with one attached hydrogen (secondary N) is 1. The van der Waals surface area contributed by atoms with Crippen molar-refractivity contribution in [3.8, 4) is 0 Å². The Morgan fingerprint density at radius 2 is 2.00 bits per heavy atom. The summed E-state index contributed by atoms with van der Waals surface area (Å²) < 4.78 is 0. The Morgan fingerprint density at radius 1 is 1.26 bits per heavy atom. The maximum absolute atomic E-state index is 11.9. The standard InChI is InChI=1S/C13H13ClN4O/c14-11-5-6-16-13(17-11)18-12(19)7-9-3-1-2-4-10(9)8-15/h1-6H,7-8,15H2,(H,16,17,18,19). The second-order valence-electron chi connectivity index (χ2n) is 3.90. The van der Waals surface area contributed by atoms with Crippen LogP contribution in [0.5, 0.6) is 0 Å². The van der Waals surface area contributed by atoms with Gasteiger partial charge in [0.1, 0.15) is 5.15 Å². The van der Waals surface area contributed by atoms with Crippen LogP contribution in [0.1, 0.15) is 11.1 Å². The number of nitrogens with zero attached hydrogens (tertiary/aromatic N) is 2. The fourth-order valence-electron chi connectivity index (χ4n) is 1.67. The highest BCUT2D eigenvalue weighted by molar-refractivity contribution is 6.29. The van der Waals surface area contributed by atoms with E-state index in [-0.39, 0.29) is 23.4 Å². The number of benzene rings is 1. The molecule has 0 atom stereocenters. The third-order valence-corrected chi connectivity index (χ3v) is 2.77. The quantitative estimate of drug-likeness (QED) is 0.834. The van der Waals surface area contributed by atoms with Crippen molar-refractivity contribution < 1.29 is 4.79 Å². The van der Waals surface area contributed by atoms with Gasteiger partial charge in [0.05, 0.1) is 6.42 Å². The highest BCUT2D eigenvalue weighted by atomic mass is 35.5. The predicted molar refractivity (Wildman–Crippen MR) is 73.7 cm³/mol. The van der Waals surface area contributed by atoms with Crippen LogP contribution in [0.4, 0.5) is 5.95 Å². The monoisotopic (exact) mass is 276 g/mol. The van der Waals surface area contributed by atoms with Gasteiger partial charge in [0.2, 0.25) is 11.9 Å². The second-order valence-corrected chi connectivity index (χ2v) is 4.29. The Labute approximate surface area is 115 Å². The van der Waals surface area contributed by atoms with Crippen molar-refractivity contribution in [2.24, 2.45) is 5.73 Å². The predicted octanol–water partition coefficient (Wildman–Crippen LogP) is 1.77. The van der Waals surface area contributed by atoms with E-state index in [1.807, 2.05) is 24.3 Å². The number of carbonyl (C=O) groups excluding carboxylic acids is 1. The van der Waals surface area contributed by atoms with E-state index < -0.39 is 0 Å². The van der Waals surface area contributed by atoms with Gasteiger partial charge in [0, 0.05) is 12.7 Å². The van der Waals surface area contributed by atoms with Crippen LogP contribution in [0, 0.1) is 0 Å². The molecule has 1 aromatic heterocycles. The summed E-state index contributed by atoms with van der Waals surface area (Å²) in [6.07, 6.45) is 1.71. The van der Waals surface area contributed by atoms with E-state index in [2.05, 4.69) is 15.3 Å². The smallest absolute Gasteiger partial charge is 0.231 e. The van der Waals surface area contributed by atoms with E-state index in [0.29, 0.717) is 6.54 Å². The number of aromatic nitrogens is 2. The van der Waals surface area contributed by atoms with E-state index in [0.717, 1.165) is 11.1 Å². The first-order valence-electron chi connectivity index (χ1n) is 5.74. The Balaban J connectivity index is 2.05. The molecule has 0 saturated heterocycles. The first-order valence-corrected chi connectivity index (χ1v) is 6.12. The Hall–Kier alpha value is -1.98. The van der Waals surface area contributed by atoms with Gasteiger partial charge in [-0.1, -0.05) is 35.9 Å². The topological polar surface area (TPSA) is 80.9 Å². The van der Waals surface area contributed by atoms with Crippen LogP contribution in [-0.2, 0) is 17.8 Å². The third-order valence-electron chi connectivity index (χ3n) is 2.56. The molecule has 5 nitrogen and oxygen atoms in total. The van der Waals surface area contributed by atoms with Gasteiger partial charge in [-0.15, -0.1) is 0 Å². The third kappa shape index (κ3) is 3.74. The van der Waals surface area contributed by atoms with Gasteiger partial charge in [0.25, 0.3) is 0 Å². The molecule has 0 unspecified atom stereocenters. The molecule has 1 aromatic carbocycles. The zero-order valence-electron chi connectivity index (χ0n) is 10.1. The second kappa shape index (κ2) is 6.26. The summed E-state index contributed by atoms with van der Waals surface area (Å²) in [7, 11) is 0. The molecule has 2 rings (SSSR count). The summed E-state index contributed by atoms with van der Waals surface area (Å²) in [4.78, 5) is 19.7. The molecule has 0 aliphatic rings. The number of nitrogens with two attached hydrogens (primary N) is 1. The molecule has 3 N–H and O–H groups in total. The van der Waals surface area contributed by atoms with E-state index in [1.54, 1.807) is 6.07 Å². The fraction of sp³-hybridized carbons (Fsp3) is 0.154. The van der Waals surface area contributed by atoms with Crippen LogP contribution >= 0.6 is 11.6 Å². The molecular weight excluding hydrogens is 264 g/mol. The van der Waals surface area contributed by atoms with Gasteiger partial charge < -0.3 is 5.73 Å². The number of anilines is 1. The molecule has 1 amide bonds. The summed E-state index contributed by atoms with van der Waals surface area (Å²) in [5.74, 6) is -0.00843. The van der Waals surface area contributed by atoms with Crippen LogP contribution in [0.2, 0.25) is 5.15 Å². The minimum absolute atomic E-state index is 0.197. The number of halogens is 1. The molecule has 98 valence electrons. The molecule has 0 bridgehead atoms. The normalized spacial score (nSPS) is 10.2. The average Bonchev–Trinajstić information content (AvgIpc) is 2.39. The van der Waals surface area contributed by atoms with Crippen molar-refractivity contribution in [1.82, 2.24) is 9.97 Å². The van der Waals surface area contributed by atoms with E-state index >= 15 is 0 Å². The number of rotatable bonds is 4. The van der Waals surface area contributed by atoms with Gasteiger partial charge in [-0.25, -0.2) is 9.97 Å². The van der Waals surface area contributed by atoms with Crippen LogP contribution < -0.4 is 11.1 Å². The van der Waals surface area contributed by atoms with Crippen LogP contribution in [-0.4, -0.2) is 15.9 Å². The van der Waals surface area contributed by atoms with Gasteiger partial charge in [-0.05, 0) is 17.2 Å². The number of hydrogen-bond donors (Lipinski definition) is 2. The zero-order valence-corrected chi connectivity index (χ0v) is 10.9. The molecular formula is C13H13ClN4O. The lowest BCUT2D eigenvalue weighted by Gasteiger charge is -2.07. The highest BCUT2D eigenvalue weighted by Gasteiger charge is 2.08. The van der Waals surface area contributed by atoms with Crippen molar-refractivity contribution >= 4 is 23.5 Å². The lowest BCUT2D eigenvalue weighted by atomic mass is 10.0. The van der Waals surface area contributed by atoms with Crippen LogP contribution in [0.15, 0.2) is 36.5 Å². The Morgan fingerprint density at radius 3 is 2.68 bits per heavy atom. The zero-order chi connectivity index (χ0) is 13.7. The molecule has 19 heavy (non-hydrogen) atoms. The highest BCUT2D eigenvalue weighted by Crippen LogP contribution is 2.10. The first kappa shape index (κ1) is 13.5. The van der Waals surface area contributed by atoms with Crippen molar-refractivity contribution in [1.29, 1.82) is 0 Å². The van der Waals surface area contributed by atoms with Crippen molar-refractivity contribution in [2.75, 3.05) is 5.32 Å². The molecule has 0 aliphatic carbocycles. The molecule has 0 spiro atoms.